The van der Waals surface area contributed by atoms with Gasteiger partial charge in [-0.1, -0.05) is 35.9 Å². The number of nitrogens with zero attached hydrogens (tertiary/aromatic N) is 4. The van der Waals surface area contributed by atoms with Crippen LogP contribution < -0.4 is 16.2 Å². The minimum absolute atomic E-state index is 0.0180. The lowest BCUT2D eigenvalue weighted by Gasteiger charge is -2.11. The number of nitrogens with one attached hydrogen (secondary N) is 3. The molecule has 0 atom stereocenters. The van der Waals surface area contributed by atoms with Crippen LogP contribution in [0.3, 0.4) is 0 Å². The number of sulfone groups is 2. The molecule has 0 saturated carbocycles. The van der Waals surface area contributed by atoms with Gasteiger partial charge in [-0.3, -0.25) is 10.9 Å². The second kappa shape index (κ2) is 12.9. The molecule has 1 heterocycles. The minimum atomic E-state index is -3.33. The highest BCUT2D eigenvalue weighted by atomic mass is 35.5. The molecule has 0 bridgehead atoms. The van der Waals surface area contributed by atoms with Crippen LogP contribution in [0.2, 0.25) is 5.02 Å². The summed E-state index contributed by atoms with van der Waals surface area (Å²) in [7, 11) is -6.67. The first-order chi connectivity index (χ1) is 20.2. The van der Waals surface area contributed by atoms with Gasteiger partial charge in [0.05, 0.1) is 26.9 Å². The third-order valence-electron chi connectivity index (χ3n) is 5.98. The molecular formula is C28H27ClFN7O4S2. The largest absolute Gasteiger partial charge is 0.322 e. The third-order valence-corrected chi connectivity index (χ3v) is 8.47. The Hall–Kier alpha value is -4.40. The van der Waals surface area contributed by atoms with Crippen LogP contribution in [0.25, 0.3) is 0 Å². The second-order valence-electron chi connectivity index (χ2n) is 9.42. The Labute approximate surface area is 253 Å². The molecule has 0 saturated heterocycles. The van der Waals surface area contributed by atoms with Crippen molar-refractivity contribution in [3.8, 4) is 0 Å². The van der Waals surface area contributed by atoms with Crippen LogP contribution >= 0.6 is 11.6 Å². The zero-order valence-electron chi connectivity index (χ0n) is 23.4. The molecule has 43 heavy (non-hydrogen) atoms. The van der Waals surface area contributed by atoms with E-state index >= 15 is 0 Å². The molecular weight excluding hydrogens is 617 g/mol. The summed E-state index contributed by atoms with van der Waals surface area (Å²) in [4.78, 5) is 9.10. The molecule has 4 rings (SSSR count). The van der Waals surface area contributed by atoms with E-state index < -0.39 is 25.5 Å². The van der Waals surface area contributed by atoms with Crippen molar-refractivity contribution < 1.29 is 21.2 Å². The number of hydrazone groups is 2. The predicted molar refractivity (Wildman–Crippen MR) is 167 cm³/mol. The molecule has 0 radical (unpaired) electrons. The average Bonchev–Trinajstić information content (AvgIpc) is 2.95. The summed E-state index contributed by atoms with van der Waals surface area (Å²) in [5.74, 6) is -0.134. The predicted octanol–water partition coefficient (Wildman–Crippen LogP) is 5.49. The monoisotopic (exact) mass is 643 g/mol. The van der Waals surface area contributed by atoms with Gasteiger partial charge in [0.1, 0.15) is 5.82 Å². The summed E-state index contributed by atoms with van der Waals surface area (Å²) in [6, 6.07) is 18.2. The van der Waals surface area contributed by atoms with Gasteiger partial charge in [0.15, 0.2) is 31.3 Å². The Balaban J connectivity index is 1.61. The van der Waals surface area contributed by atoms with E-state index in [0.717, 1.165) is 18.6 Å². The number of benzene rings is 3. The molecule has 224 valence electrons. The van der Waals surface area contributed by atoms with Crippen LogP contribution in [0.1, 0.15) is 25.0 Å². The van der Waals surface area contributed by atoms with E-state index in [-0.39, 0.29) is 38.1 Å². The molecule has 11 nitrogen and oxygen atoms in total. The normalized spacial score (nSPS) is 12.6. The highest BCUT2D eigenvalue weighted by Gasteiger charge is 2.11. The van der Waals surface area contributed by atoms with Crippen molar-refractivity contribution in [2.45, 2.75) is 23.6 Å². The molecule has 15 heteroatoms. The van der Waals surface area contributed by atoms with Crippen molar-refractivity contribution in [2.24, 2.45) is 10.2 Å². The van der Waals surface area contributed by atoms with E-state index in [1.807, 2.05) is 0 Å². The zero-order chi connectivity index (χ0) is 31.4. The van der Waals surface area contributed by atoms with Crippen LogP contribution in [-0.2, 0) is 19.7 Å². The van der Waals surface area contributed by atoms with E-state index in [9.17, 15) is 21.2 Å². The maximum atomic E-state index is 14.5. The Bertz CT molecular complexity index is 1820. The van der Waals surface area contributed by atoms with Gasteiger partial charge in [-0.05, 0) is 67.4 Å². The van der Waals surface area contributed by atoms with E-state index in [0.29, 0.717) is 22.6 Å². The molecule has 0 unspecified atom stereocenters. The van der Waals surface area contributed by atoms with Gasteiger partial charge in [0.25, 0.3) is 0 Å². The van der Waals surface area contributed by atoms with Gasteiger partial charge in [0, 0.05) is 23.6 Å². The van der Waals surface area contributed by atoms with E-state index in [4.69, 9.17) is 11.6 Å². The molecule has 1 aromatic heterocycles. The lowest BCUT2D eigenvalue weighted by atomic mass is 10.1. The smallest absolute Gasteiger partial charge is 0.231 e. The second-order valence-corrected chi connectivity index (χ2v) is 13.9. The van der Waals surface area contributed by atoms with Gasteiger partial charge in [0.2, 0.25) is 5.95 Å². The Kier molecular flexibility index (Phi) is 9.43. The Morgan fingerprint density at radius 3 is 1.56 bits per heavy atom. The number of hydrogen-bond acceptors (Lipinski definition) is 11. The van der Waals surface area contributed by atoms with Gasteiger partial charge in [-0.2, -0.15) is 20.2 Å². The van der Waals surface area contributed by atoms with Gasteiger partial charge >= 0.3 is 0 Å². The molecule has 3 N–H and O–H groups in total. The fraction of sp³-hybridized carbons (Fsp3) is 0.143. The number of aromatic nitrogens is 2. The van der Waals surface area contributed by atoms with E-state index in [1.165, 1.54) is 42.5 Å². The van der Waals surface area contributed by atoms with E-state index in [1.54, 1.807) is 38.1 Å². The first kappa shape index (κ1) is 31.5. The molecule has 0 aliphatic carbocycles. The van der Waals surface area contributed by atoms with Crippen LogP contribution in [0.4, 0.5) is 27.7 Å². The van der Waals surface area contributed by atoms with Crippen molar-refractivity contribution in [2.75, 3.05) is 28.7 Å². The summed E-state index contributed by atoms with van der Waals surface area (Å²) in [6.07, 6.45) is 2.26. The standard InChI is InChI=1S/C28H27ClFN7O4S2/c1-17(19-5-10-22(11-6-19)42(3,38)39)34-36-26-16-27(33-28(32-26)31-25-14-9-21(29)15-24(25)30)37-35-18(2)20-7-12-23(13-8-20)43(4,40)41/h5-16H,1-4H3,(H3,31,32,33,36,37). The van der Waals surface area contributed by atoms with Crippen molar-refractivity contribution in [3.05, 3.63) is 94.8 Å². The number of halogens is 2. The molecule has 0 amide bonds. The highest BCUT2D eigenvalue weighted by molar-refractivity contribution is 7.91. The molecule has 0 aliphatic rings. The zero-order valence-corrected chi connectivity index (χ0v) is 25.8. The third kappa shape index (κ3) is 8.56. The first-order valence-electron chi connectivity index (χ1n) is 12.5. The first-order valence-corrected chi connectivity index (χ1v) is 16.7. The molecule has 0 aliphatic heterocycles. The Morgan fingerprint density at radius 2 is 1.16 bits per heavy atom. The maximum absolute atomic E-state index is 14.5. The topological polar surface area (TPSA) is 155 Å². The van der Waals surface area contributed by atoms with Crippen molar-refractivity contribution in [1.29, 1.82) is 0 Å². The molecule has 3 aromatic carbocycles. The summed E-state index contributed by atoms with van der Waals surface area (Å²) in [5, 5.41) is 11.7. The summed E-state index contributed by atoms with van der Waals surface area (Å²) in [5.41, 5.74) is 8.19. The van der Waals surface area contributed by atoms with Gasteiger partial charge in [-0.25, -0.2) is 21.2 Å². The fourth-order valence-corrected chi connectivity index (χ4v) is 5.05. The van der Waals surface area contributed by atoms with Gasteiger partial charge < -0.3 is 5.32 Å². The SMILES string of the molecule is CC(=NNc1cc(NN=C(C)c2ccc(S(C)(=O)=O)cc2)nc(Nc2ccc(Cl)cc2F)n1)c1ccc(S(C)(=O)=O)cc1. The highest BCUT2D eigenvalue weighted by Crippen LogP contribution is 2.24. The average molecular weight is 644 g/mol. The number of anilines is 4. The van der Waals surface area contributed by atoms with Crippen molar-refractivity contribution in [3.63, 3.8) is 0 Å². The lowest BCUT2D eigenvalue weighted by Crippen LogP contribution is -2.07. The van der Waals surface area contributed by atoms with Crippen LogP contribution in [0.15, 0.2) is 92.8 Å². The Morgan fingerprint density at radius 1 is 0.721 bits per heavy atom. The summed E-state index contributed by atoms with van der Waals surface area (Å²) < 4.78 is 61.5. The number of hydrogen-bond donors (Lipinski definition) is 3. The lowest BCUT2D eigenvalue weighted by molar-refractivity contribution is 0.600. The van der Waals surface area contributed by atoms with Crippen LogP contribution in [0.5, 0.6) is 0 Å². The summed E-state index contributed by atoms with van der Waals surface area (Å²) in [6.45, 7) is 3.46. The summed E-state index contributed by atoms with van der Waals surface area (Å²) >= 11 is 5.87. The quantitative estimate of drug-likeness (QED) is 0.150. The van der Waals surface area contributed by atoms with Crippen LogP contribution in [0, 0.1) is 5.82 Å². The van der Waals surface area contributed by atoms with Gasteiger partial charge in [-0.15, -0.1) is 0 Å². The van der Waals surface area contributed by atoms with Crippen molar-refractivity contribution >= 4 is 66.0 Å². The molecule has 0 spiro atoms. The minimum Gasteiger partial charge on any atom is -0.322 e. The van der Waals surface area contributed by atoms with E-state index in [2.05, 4.69) is 36.3 Å². The fourth-order valence-electron chi connectivity index (χ4n) is 3.63. The van der Waals surface area contributed by atoms with Crippen molar-refractivity contribution in [1.82, 2.24) is 9.97 Å². The molecule has 4 aromatic rings. The van der Waals surface area contributed by atoms with Crippen LogP contribution in [-0.4, -0.2) is 50.7 Å². The maximum Gasteiger partial charge on any atom is 0.231 e. The molecule has 0 fully saturated rings. The number of rotatable bonds is 10.